The van der Waals surface area contributed by atoms with E-state index >= 15 is 0 Å². The number of aromatic nitrogens is 3. The van der Waals surface area contributed by atoms with Crippen molar-refractivity contribution in [1.29, 1.82) is 0 Å². The van der Waals surface area contributed by atoms with Gasteiger partial charge in [-0.2, -0.15) is 4.98 Å². The quantitative estimate of drug-likeness (QED) is 0.743. The van der Waals surface area contributed by atoms with Crippen molar-refractivity contribution in [1.82, 2.24) is 20.0 Å². The Morgan fingerprint density at radius 1 is 1.46 bits per heavy atom. The second kappa shape index (κ2) is 5.61. The third-order valence-corrected chi connectivity index (χ3v) is 4.42. The molecule has 0 unspecified atom stereocenters. The molecule has 0 saturated carbocycles. The second-order valence-electron chi connectivity index (χ2n) is 5.96. The van der Waals surface area contributed by atoms with Crippen LogP contribution in [0.4, 0.5) is 0 Å². The third-order valence-electron chi connectivity index (χ3n) is 4.18. The average Bonchev–Trinajstić information content (AvgIpc) is 3.23. The lowest BCUT2D eigenvalue weighted by Gasteiger charge is -2.20. The minimum Gasteiger partial charge on any atom is -0.391 e. The highest BCUT2D eigenvalue weighted by Gasteiger charge is 2.39. The molecule has 1 aliphatic heterocycles. The Balaban J connectivity index is 1.68. The highest BCUT2D eigenvalue weighted by atomic mass is 35.5. The second-order valence-corrected chi connectivity index (χ2v) is 6.39. The topological polar surface area (TPSA) is 95.3 Å². The van der Waals surface area contributed by atoms with E-state index in [1.54, 1.807) is 30.0 Å². The molecule has 2 atom stereocenters. The lowest BCUT2D eigenvalue weighted by atomic mass is 10.2. The average molecular weight is 347 g/mol. The van der Waals surface area contributed by atoms with E-state index in [1.165, 1.54) is 0 Å². The largest absolute Gasteiger partial charge is 0.391 e. The molecule has 24 heavy (non-hydrogen) atoms. The van der Waals surface area contributed by atoms with Crippen LogP contribution in [0.2, 0.25) is 5.02 Å². The summed E-state index contributed by atoms with van der Waals surface area (Å²) >= 11 is 5.98. The molecule has 2 N–H and O–H groups in total. The Morgan fingerprint density at radius 3 is 3.04 bits per heavy atom. The Kier molecular flexibility index (Phi) is 3.54. The van der Waals surface area contributed by atoms with Crippen molar-refractivity contribution >= 4 is 28.4 Å². The number of hydrogen-bond acceptors (Lipinski definition) is 5. The van der Waals surface area contributed by atoms with E-state index in [0.717, 1.165) is 10.9 Å². The molecule has 4 rings (SSSR count). The van der Waals surface area contributed by atoms with Crippen LogP contribution in [0.25, 0.3) is 10.9 Å². The first kappa shape index (κ1) is 15.2. The molecule has 3 aromatic rings. The summed E-state index contributed by atoms with van der Waals surface area (Å²) in [6, 6.07) is 6.74. The molecule has 8 heteroatoms. The third kappa shape index (κ3) is 2.55. The van der Waals surface area contributed by atoms with Crippen molar-refractivity contribution in [2.45, 2.75) is 25.5 Å². The van der Waals surface area contributed by atoms with Crippen LogP contribution in [0.1, 0.15) is 34.7 Å². The van der Waals surface area contributed by atoms with Crippen LogP contribution in [0, 0.1) is 6.92 Å². The number of fused-ring (bicyclic) bond motifs is 1. The molecule has 1 amide bonds. The number of carbonyl (C=O) groups excluding carboxylic acids is 1. The molecule has 1 fully saturated rings. The highest BCUT2D eigenvalue weighted by molar-refractivity contribution is 6.31. The van der Waals surface area contributed by atoms with Crippen LogP contribution in [0.3, 0.4) is 0 Å². The Hall–Kier alpha value is -2.38. The lowest BCUT2D eigenvalue weighted by molar-refractivity contribution is 0.0688. The Labute approximate surface area is 142 Å². The lowest BCUT2D eigenvalue weighted by Crippen LogP contribution is -2.32. The van der Waals surface area contributed by atoms with Gasteiger partial charge in [0.15, 0.2) is 5.82 Å². The zero-order chi connectivity index (χ0) is 16.8. The number of nitrogens with one attached hydrogen (secondary N) is 1. The molecule has 3 heterocycles. The number of amides is 1. The summed E-state index contributed by atoms with van der Waals surface area (Å²) in [6.07, 6.45) is -0.246. The van der Waals surface area contributed by atoms with E-state index < -0.39 is 12.1 Å². The van der Waals surface area contributed by atoms with Gasteiger partial charge in [0, 0.05) is 28.9 Å². The SMILES string of the molecule is Cc1noc([C@H]2C[C@@H](O)CN2C(=O)c2cc3ccc(Cl)cc3[nH]2)n1. The first-order chi connectivity index (χ1) is 11.5. The van der Waals surface area contributed by atoms with Crippen LogP contribution >= 0.6 is 11.6 Å². The zero-order valence-corrected chi connectivity index (χ0v) is 13.6. The number of nitrogens with zero attached hydrogens (tertiary/aromatic N) is 3. The van der Waals surface area contributed by atoms with E-state index in [1.807, 2.05) is 6.07 Å². The van der Waals surface area contributed by atoms with Gasteiger partial charge in [0.25, 0.3) is 5.91 Å². The van der Waals surface area contributed by atoms with Gasteiger partial charge in [-0.1, -0.05) is 22.8 Å². The van der Waals surface area contributed by atoms with Gasteiger partial charge < -0.3 is 19.5 Å². The van der Waals surface area contributed by atoms with E-state index in [0.29, 0.717) is 28.9 Å². The maximum absolute atomic E-state index is 12.9. The smallest absolute Gasteiger partial charge is 0.271 e. The maximum atomic E-state index is 12.9. The predicted molar refractivity (Wildman–Crippen MR) is 86.7 cm³/mol. The molecular formula is C16H15ClN4O3. The van der Waals surface area contributed by atoms with Crippen molar-refractivity contribution < 1.29 is 14.4 Å². The fraction of sp³-hybridized carbons (Fsp3) is 0.312. The molecule has 1 saturated heterocycles. The van der Waals surface area contributed by atoms with E-state index in [2.05, 4.69) is 15.1 Å². The molecule has 124 valence electrons. The number of hydrogen-bond donors (Lipinski definition) is 2. The normalized spacial score (nSPS) is 20.9. The molecule has 7 nitrogen and oxygen atoms in total. The number of aliphatic hydroxyl groups is 1. The van der Waals surface area contributed by atoms with Gasteiger partial charge in [-0.3, -0.25) is 4.79 Å². The highest BCUT2D eigenvalue weighted by Crippen LogP contribution is 2.33. The minimum atomic E-state index is -0.620. The first-order valence-corrected chi connectivity index (χ1v) is 7.96. The molecule has 0 aliphatic carbocycles. The number of H-pyrrole nitrogens is 1. The van der Waals surface area contributed by atoms with Gasteiger partial charge in [0.05, 0.1) is 6.10 Å². The van der Waals surface area contributed by atoms with Crippen molar-refractivity contribution in [3.05, 3.63) is 46.7 Å². The number of aliphatic hydroxyl groups excluding tert-OH is 1. The summed E-state index contributed by atoms with van der Waals surface area (Å²) in [7, 11) is 0. The van der Waals surface area contributed by atoms with Crippen LogP contribution in [-0.4, -0.2) is 43.7 Å². The minimum absolute atomic E-state index is 0.222. The summed E-state index contributed by atoms with van der Waals surface area (Å²) < 4.78 is 5.19. The fourth-order valence-electron chi connectivity index (χ4n) is 3.09. The number of aryl methyl sites for hydroxylation is 1. The Morgan fingerprint density at radius 2 is 2.29 bits per heavy atom. The molecule has 0 radical (unpaired) electrons. The number of likely N-dealkylation sites (tertiary alicyclic amines) is 1. The van der Waals surface area contributed by atoms with Gasteiger partial charge >= 0.3 is 0 Å². The van der Waals surface area contributed by atoms with Crippen molar-refractivity contribution in [3.63, 3.8) is 0 Å². The van der Waals surface area contributed by atoms with E-state index in [-0.39, 0.29) is 12.5 Å². The number of β-amino-alcohol motifs (C(OH)–C–C–N with tert-alkyl or cyclic N) is 1. The number of carbonyl (C=O) groups is 1. The molecule has 1 aromatic carbocycles. The molecular weight excluding hydrogens is 332 g/mol. The number of aromatic amines is 1. The van der Waals surface area contributed by atoms with Crippen LogP contribution < -0.4 is 0 Å². The van der Waals surface area contributed by atoms with Crippen LogP contribution in [-0.2, 0) is 0 Å². The summed E-state index contributed by atoms with van der Waals surface area (Å²) in [5, 5.41) is 15.3. The predicted octanol–water partition coefficient (Wildman–Crippen LogP) is 2.46. The van der Waals surface area contributed by atoms with Crippen molar-refractivity contribution in [3.8, 4) is 0 Å². The first-order valence-electron chi connectivity index (χ1n) is 7.59. The standard InChI is InChI=1S/C16H15ClN4O3/c1-8-18-15(24-20-8)14-6-11(22)7-21(14)16(23)13-4-9-2-3-10(17)5-12(9)19-13/h2-5,11,14,19,22H,6-7H2,1H3/t11-,14-/m1/s1. The zero-order valence-electron chi connectivity index (χ0n) is 12.9. The number of rotatable bonds is 2. The molecule has 0 bridgehead atoms. The number of halogens is 1. The summed E-state index contributed by atoms with van der Waals surface area (Å²) in [6.45, 7) is 1.94. The van der Waals surface area contributed by atoms with Gasteiger partial charge in [0.1, 0.15) is 11.7 Å². The molecule has 2 aromatic heterocycles. The molecule has 0 spiro atoms. The van der Waals surface area contributed by atoms with Crippen molar-refractivity contribution in [2.75, 3.05) is 6.54 Å². The maximum Gasteiger partial charge on any atom is 0.271 e. The molecule has 1 aliphatic rings. The van der Waals surface area contributed by atoms with Gasteiger partial charge in [-0.25, -0.2) is 0 Å². The van der Waals surface area contributed by atoms with E-state index in [4.69, 9.17) is 16.1 Å². The van der Waals surface area contributed by atoms with Crippen LogP contribution in [0.5, 0.6) is 0 Å². The van der Waals surface area contributed by atoms with Gasteiger partial charge in [0.2, 0.25) is 5.89 Å². The fourth-order valence-corrected chi connectivity index (χ4v) is 3.26. The summed E-state index contributed by atoms with van der Waals surface area (Å²) in [4.78, 5) is 21.7. The monoisotopic (exact) mass is 346 g/mol. The summed E-state index contributed by atoms with van der Waals surface area (Å²) in [5.41, 5.74) is 1.22. The number of benzene rings is 1. The summed E-state index contributed by atoms with van der Waals surface area (Å²) in [5.74, 6) is 0.621. The van der Waals surface area contributed by atoms with Gasteiger partial charge in [-0.15, -0.1) is 0 Å². The Bertz CT molecular complexity index is 919. The van der Waals surface area contributed by atoms with E-state index in [9.17, 15) is 9.90 Å². The van der Waals surface area contributed by atoms with Gasteiger partial charge in [-0.05, 0) is 25.1 Å². The van der Waals surface area contributed by atoms with Crippen LogP contribution in [0.15, 0.2) is 28.8 Å². The van der Waals surface area contributed by atoms with Crippen molar-refractivity contribution in [2.24, 2.45) is 0 Å².